The number of allylic oxidation sites excluding steroid dienone is 2. The van der Waals surface area contributed by atoms with Crippen molar-refractivity contribution in [3.8, 4) is 6.07 Å². The Morgan fingerprint density at radius 3 is 2.89 bits per heavy atom. The highest BCUT2D eigenvalue weighted by molar-refractivity contribution is 5.81. The molecular weight excluding hydrogens is 230 g/mol. The van der Waals surface area contributed by atoms with Crippen LogP contribution in [0.5, 0.6) is 0 Å². The van der Waals surface area contributed by atoms with Gasteiger partial charge in [-0.05, 0) is 12.1 Å². The Bertz CT molecular complexity index is 723. The summed E-state index contributed by atoms with van der Waals surface area (Å²) in [4.78, 5) is 18.5. The van der Waals surface area contributed by atoms with Crippen LogP contribution in [0.1, 0.15) is 19.2 Å². The first kappa shape index (κ1) is 11.9. The Hall–Kier alpha value is -2.61. The molecule has 0 fully saturated rings. The predicted molar refractivity (Wildman–Crippen MR) is 67.8 cm³/mol. The summed E-state index contributed by atoms with van der Waals surface area (Å²) in [6.45, 7) is 1.71. The van der Waals surface area contributed by atoms with Crippen LogP contribution in [0.3, 0.4) is 0 Å². The molecule has 0 atom stereocenters. The van der Waals surface area contributed by atoms with E-state index in [1.54, 1.807) is 31.2 Å². The van der Waals surface area contributed by atoms with Gasteiger partial charge in [-0.3, -0.25) is 4.79 Å². The van der Waals surface area contributed by atoms with E-state index in [1.165, 1.54) is 0 Å². The van der Waals surface area contributed by atoms with Crippen LogP contribution in [0.25, 0.3) is 16.5 Å². The normalized spacial score (nSPS) is 12.0. The molecule has 0 saturated heterocycles. The number of nitriles is 1. The molecule has 0 aliphatic heterocycles. The molecule has 0 saturated carbocycles. The Balaban J connectivity index is 2.75. The standard InChI is InChI=1S/C13H11N3O2/c1-2-11(17)9(7-14)12-15-10-6-4-3-5-8(10)13(18)16-12/h3-6,17H,2H2,1H3,(H,15,16,18). The molecule has 0 spiro atoms. The number of nitrogens with one attached hydrogen (secondary N) is 1. The van der Waals surface area contributed by atoms with Crippen molar-refractivity contribution in [2.24, 2.45) is 0 Å². The van der Waals surface area contributed by atoms with E-state index in [4.69, 9.17) is 5.26 Å². The van der Waals surface area contributed by atoms with Crippen LogP contribution in [-0.4, -0.2) is 15.1 Å². The van der Waals surface area contributed by atoms with Gasteiger partial charge >= 0.3 is 0 Å². The molecule has 0 bridgehead atoms. The zero-order chi connectivity index (χ0) is 13.1. The number of benzene rings is 1. The van der Waals surface area contributed by atoms with E-state index in [0.717, 1.165) is 0 Å². The van der Waals surface area contributed by atoms with Crippen molar-refractivity contribution in [3.05, 3.63) is 46.2 Å². The van der Waals surface area contributed by atoms with Crippen LogP contribution < -0.4 is 5.56 Å². The number of aromatic amines is 1. The maximum Gasteiger partial charge on any atom is 0.259 e. The Morgan fingerprint density at radius 1 is 1.50 bits per heavy atom. The summed E-state index contributed by atoms with van der Waals surface area (Å²) in [6.07, 6.45) is 0.305. The van der Waals surface area contributed by atoms with Gasteiger partial charge in [0.1, 0.15) is 17.4 Å². The number of fused-ring (bicyclic) bond motifs is 1. The van der Waals surface area contributed by atoms with Crippen LogP contribution in [0.4, 0.5) is 0 Å². The Morgan fingerprint density at radius 2 is 2.22 bits per heavy atom. The van der Waals surface area contributed by atoms with E-state index < -0.39 is 0 Å². The summed E-state index contributed by atoms with van der Waals surface area (Å²) in [7, 11) is 0. The number of rotatable bonds is 2. The van der Waals surface area contributed by atoms with E-state index >= 15 is 0 Å². The molecule has 90 valence electrons. The van der Waals surface area contributed by atoms with Crippen LogP contribution >= 0.6 is 0 Å². The second-order valence-corrected chi connectivity index (χ2v) is 3.72. The fourth-order valence-electron chi connectivity index (χ4n) is 1.64. The molecule has 1 aromatic carbocycles. The van der Waals surface area contributed by atoms with Crippen molar-refractivity contribution in [1.82, 2.24) is 9.97 Å². The smallest absolute Gasteiger partial charge is 0.259 e. The zero-order valence-electron chi connectivity index (χ0n) is 9.77. The molecule has 0 amide bonds. The van der Waals surface area contributed by atoms with Gasteiger partial charge in [-0.2, -0.15) is 5.26 Å². The van der Waals surface area contributed by atoms with Gasteiger partial charge in [-0.1, -0.05) is 19.1 Å². The molecular formula is C13H11N3O2. The summed E-state index contributed by atoms with van der Waals surface area (Å²) >= 11 is 0. The average molecular weight is 241 g/mol. The van der Waals surface area contributed by atoms with Crippen molar-refractivity contribution in [2.45, 2.75) is 13.3 Å². The molecule has 5 nitrogen and oxygen atoms in total. The van der Waals surface area contributed by atoms with Gasteiger partial charge in [0.05, 0.1) is 10.9 Å². The van der Waals surface area contributed by atoms with Gasteiger partial charge in [-0.15, -0.1) is 0 Å². The first-order valence-electron chi connectivity index (χ1n) is 5.49. The van der Waals surface area contributed by atoms with Crippen LogP contribution in [0, 0.1) is 11.3 Å². The maximum absolute atomic E-state index is 11.8. The third-order valence-electron chi connectivity index (χ3n) is 2.58. The first-order chi connectivity index (χ1) is 8.67. The lowest BCUT2D eigenvalue weighted by molar-refractivity contribution is 0.398. The van der Waals surface area contributed by atoms with E-state index in [1.807, 2.05) is 6.07 Å². The fraction of sp³-hybridized carbons (Fsp3) is 0.154. The van der Waals surface area contributed by atoms with Gasteiger partial charge in [-0.25, -0.2) is 4.98 Å². The van der Waals surface area contributed by atoms with Gasteiger partial charge in [0.2, 0.25) is 0 Å². The monoisotopic (exact) mass is 241 g/mol. The number of H-pyrrole nitrogens is 1. The number of para-hydroxylation sites is 1. The average Bonchev–Trinajstić information content (AvgIpc) is 2.39. The second kappa shape index (κ2) is 4.72. The highest BCUT2D eigenvalue weighted by atomic mass is 16.3. The number of aliphatic hydroxyl groups is 1. The molecule has 0 unspecified atom stereocenters. The fourth-order valence-corrected chi connectivity index (χ4v) is 1.64. The zero-order valence-corrected chi connectivity index (χ0v) is 9.77. The summed E-state index contributed by atoms with van der Waals surface area (Å²) < 4.78 is 0. The van der Waals surface area contributed by atoms with E-state index in [2.05, 4.69) is 9.97 Å². The van der Waals surface area contributed by atoms with Crippen LogP contribution in [0.15, 0.2) is 34.8 Å². The SMILES string of the molecule is CCC(O)=C(C#N)c1nc2ccccc2c(=O)[nH]1. The molecule has 0 aliphatic carbocycles. The molecule has 18 heavy (non-hydrogen) atoms. The molecule has 2 N–H and O–H groups in total. The van der Waals surface area contributed by atoms with Crippen molar-refractivity contribution in [2.75, 3.05) is 0 Å². The van der Waals surface area contributed by atoms with Crippen molar-refractivity contribution >= 4 is 16.5 Å². The van der Waals surface area contributed by atoms with Crippen LogP contribution in [-0.2, 0) is 0 Å². The lowest BCUT2D eigenvalue weighted by Gasteiger charge is -2.03. The minimum atomic E-state index is -0.327. The summed E-state index contributed by atoms with van der Waals surface area (Å²) in [5, 5.41) is 19.1. The van der Waals surface area contributed by atoms with E-state index in [-0.39, 0.29) is 22.7 Å². The van der Waals surface area contributed by atoms with Crippen molar-refractivity contribution in [1.29, 1.82) is 5.26 Å². The molecule has 1 aromatic heterocycles. The molecule has 0 radical (unpaired) electrons. The van der Waals surface area contributed by atoms with Crippen molar-refractivity contribution in [3.63, 3.8) is 0 Å². The summed E-state index contributed by atoms with van der Waals surface area (Å²) in [6, 6.07) is 8.70. The Labute approximate surface area is 103 Å². The third kappa shape index (κ3) is 1.96. The highest BCUT2D eigenvalue weighted by Gasteiger charge is 2.11. The quantitative estimate of drug-likeness (QED) is 0.622. The number of hydrogen-bond acceptors (Lipinski definition) is 4. The lowest BCUT2D eigenvalue weighted by atomic mass is 10.2. The Kier molecular flexibility index (Phi) is 3.11. The molecule has 1 heterocycles. The van der Waals surface area contributed by atoms with Gasteiger partial charge in [0.15, 0.2) is 5.82 Å². The summed E-state index contributed by atoms with van der Waals surface area (Å²) in [5.41, 5.74) is 0.167. The maximum atomic E-state index is 11.8. The second-order valence-electron chi connectivity index (χ2n) is 3.72. The molecule has 2 aromatic rings. The number of aliphatic hydroxyl groups excluding tert-OH is 1. The topological polar surface area (TPSA) is 89.8 Å². The third-order valence-corrected chi connectivity index (χ3v) is 2.58. The molecule has 5 heteroatoms. The van der Waals surface area contributed by atoms with Gasteiger partial charge in [0, 0.05) is 6.42 Å². The minimum absolute atomic E-state index is 0.000327. The molecule has 2 rings (SSSR count). The van der Waals surface area contributed by atoms with Crippen molar-refractivity contribution < 1.29 is 5.11 Å². The number of aromatic nitrogens is 2. The molecule has 0 aliphatic rings. The van der Waals surface area contributed by atoms with E-state index in [9.17, 15) is 9.90 Å². The highest BCUT2D eigenvalue weighted by Crippen LogP contribution is 2.15. The van der Waals surface area contributed by atoms with E-state index in [0.29, 0.717) is 17.3 Å². The number of nitrogens with zero attached hydrogens (tertiary/aromatic N) is 2. The van der Waals surface area contributed by atoms with Gasteiger partial charge < -0.3 is 10.1 Å². The lowest BCUT2D eigenvalue weighted by Crippen LogP contribution is -2.11. The predicted octanol–water partition coefficient (Wildman–Crippen LogP) is 2.13. The number of hydrogen-bond donors (Lipinski definition) is 2. The minimum Gasteiger partial charge on any atom is -0.511 e. The largest absolute Gasteiger partial charge is 0.511 e. The summed E-state index contributed by atoms with van der Waals surface area (Å²) in [5.74, 6) is 0.0106. The first-order valence-corrected chi connectivity index (χ1v) is 5.49. The van der Waals surface area contributed by atoms with Gasteiger partial charge in [0.25, 0.3) is 5.56 Å². The van der Waals surface area contributed by atoms with Crippen LogP contribution in [0.2, 0.25) is 0 Å².